The van der Waals surface area contributed by atoms with Gasteiger partial charge in [0.2, 0.25) is 11.8 Å². The van der Waals surface area contributed by atoms with Gasteiger partial charge in [0.05, 0.1) is 26.3 Å². The highest BCUT2D eigenvalue weighted by molar-refractivity contribution is 6.35. The molecule has 0 bridgehead atoms. The zero-order chi connectivity index (χ0) is 46.8. The van der Waals surface area contributed by atoms with E-state index in [0.717, 1.165) is 70.0 Å². The number of nitrogens with one attached hydrogen (secondary N) is 3. The quantitative estimate of drug-likeness (QED) is 0.125. The van der Waals surface area contributed by atoms with Crippen LogP contribution in [0, 0.1) is 23.7 Å². The number of aromatic nitrogens is 2. The molecule has 5 aliphatic heterocycles. The fourth-order valence-corrected chi connectivity index (χ4v) is 12.2. The summed E-state index contributed by atoms with van der Waals surface area (Å²) in [5.74, 6) is 1.16. The Morgan fingerprint density at radius 1 is 0.676 bits per heavy atom. The number of aliphatic imine (C=N–C) groups is 1. The molecule has 2 aliphatic carbocycles. The summed E-state index contributed by atoms with van der Waals surface area (Å²) < 4.78 is 21.0. The number of methoxy groups -OCH3 is 2. The molecule has 356 valence electrons. The number of hydrogen-bond acceptors (Lipinski definition) is 10. The smallest absolute Gasteiger partial charge is 0.407 e. The Balaban J connectivity index is 0.768. The first-order valence-corrected chi connectivity index (χ1v) is 24.7. The third-order valence-corrected chi connectivity index (χ3v) is 16.1. The van der Waals surface area contributed by atoms with Crippen LogP contribution >= 0.6 is 23.2 Å². The van der Waals surface area contributed by atoms with Crippen LogP contribution in [0.25, 0.3) is 38.7 Å². The number of rotatable bonds is 11. The lowest BCUT2D eigenvalue weighted by Crippen LogP contribution is -2.56. The van der Waals surface area contributed by atoms with Crippen molar-refractivity contribution in [3.63, 3.8) is 0 Å². The topological polar surface area (TPSA) is 177 Å². The number of carbonyl (C=O) groups is 4. The predicted molar refractivity (Wildman–Crippen MR) is 256 cm³/mol. The molecule has 4 saturated heterocycles. The number of alkyl carbamates (subject to hydrolysis) is 2. The van der Waals surface area contributed by atoms with E-state index in [-0.39, 0.29) is 47.8 Å². The molecule has 6 fully saturated rings. The van der Waals surface area contributed by atoms with E-state index in [2.05, 4.69) is 64.1 Å². The molecular weight excluding hydrogens is 910 g/mol. The number of ether oxygens (including phenoxy) is 4. The number of hydrogen-bond donors (Lipinski definition) is 3. The number of carbonyl (C=O) groups excluding carboxylic acids is 4. The van der Waals surface area contributed by atoms with Crippen LogP contribution in [0.15, 0.2) is 70.8 Å². The summed E-state index contributed by atoms with van der Waals surface area (Å²) in [6.45, 7) is 2.20. The van der Waals surface area contributed by atoms with Gasteiger partial charge in [0.15, 0.2) is 0 Å². The molecule has 4 amide bonds. The first-order valence-electron chi connectivity index (χ1n) is 23.9. The van der Waals surface area contributed by atoms with Gasteiger partial charge in [0, 0.05) is 61.8 Å². The normalized spacial score (nSPS) is 26.5. The molecule has 7 aliphatic rings. The van der Waals surface area contributed by atoms with Gasteiger partial charge in [-0.25, -0.2) is 19.6 Å². The largest absolute Gasteiger partial charge is 0.453 e. The lowest BCUT2D eigenvalue weighted by molar-refractivity contribution is -0.138. The standard InChI is InChI=1S/C51H55Cl2N7O8/c1-65-50(63)56-43(28-11-15-67-16-12-28)48(61)59-38-21-34(38)23-40(59)37-25-36(45(52)54-37)33-10-9-31-19-30(7-8-32(31)20-33)26-3-5-27(6-4-26)42-46(53)58-47(55-42)41-24-35-22-39(35)60(41)49(62)44(57-51(64)66-2)29-13-17-68-18-14-29/h3-10,19-20,28-29,34-35,38-41,43-44H,11-18,21-25H2,1-2H3,(H,55,58)(H,56,63)(H,57,64)/t34-,35-,38-,39-,40+,41+,43+,44+/m1/s1. The van der Waals surface area contributed by atoms with Crippen molar-refractivity contribution in [1.29, 1.82) is 0 Å². The Labute approximate surface area is 404 Å². The van der Waals surface area contributed by atoms with Gasteiger partial charge in [0.25, 0.3) is 0 Å². The molecule has 3 aromatic carbocycles. The third kappa shape index (κ3) is 8.53. The minimum absolute atomic E-state index is 0.0364. The summed E-state index contributed by atoms with van der Waals surface area (Å²) in [6, 6.07) is 19.3. The van der Waals surface area contributed by atoms with Crippen LogP contribution < -0.4 is 10.6 Å². The van der Waals surface area contributed by atoms with Crippen molar-refractivity contribution in [3.05, 3.63) is 82.4 Å². The molecule has 17 heteroatoms. The second kappa shape index (κ2) is 18.4. The molecule has 11 rings (SSSR count). The van der Waals surface area contributed by atoms with Gasteiger partial charge in [0.1, 0.15) is 33.9 Å². The Morgan fingerprint density at radius 3 is 1.75 bits per heavy atom. The van der Waals surface area contributed by atoms with Gasteiger partial charge in [-0.1, -0.05) is 71.7 Å². The van der Waals surface area contributed by atoms with Crippen molar-refractivity contribution in [1.82, 2.24) is 30.4 Å². The molecular formula is C51H55Cl2N7O8. The molecule has 0 radical (unpaired) electrons. The molecule has 2 saturated carbocycles. The van der Waals surface area contributed by atoms with Crippen molar-refractivity contribution in [2.45, 2.75) is 94.0 Å². The van der Waals surface area contributed by atoms with Crippen LogP contribution in [0.4, 0.5) is 9.59 Å². The molecule has 15 nitrogen and oxygen atoms in total. The van der Waals surface area contributed by atoms with Crippen LogP contribution in [0.3, 0.4) is 0 Å². The van der Waals surface area contributed by atoms with Gasteiger partial charge in [-0.05, 0) is 115 Å². The fraction of sp³-hybridized carbons (Fsp3) is 0.490. The summed E-state index contributed by atoms with van der Waals surface area (Å²) in [5.41, 5.74) is 6.36. The molecule has 1 aromatic heterocycles. The van der Waals surface area contributed by atoms with Crippen LogP contribution in [0.5, 0.6) is 0 Å². The molecule has 4 aromatic rings. The zero-order valence-corrected chi connectivity index (χ0v) is 39.6. The lowest BCUT2D eigenvalue weighted by Gasteiger charge is -2.36. The van der Waals surface area contributed by atoms with Gasteiger partial charge in [-0.15, -0.1) is 0 Å². The van der Waals surface area contributed by atoms with E-state index < -0.39 is 24.3 Å². The monoisotopic (exact) mass is 963 g/mol. The highest BCUT2D eigenvalue weighted by Crippen LogP contribution is 2.54. The Kier molecular flexibility index (Phi) is 12.2. The number of H-pyrrole nitrogens is 1. The van der Waals surface area contributed by atoms with E-state index in [0.29, 0.717) is 92.2 Å². The van der Waals surface area contributed by atoms with Gasteiger partial charge in [-0.3, -0.25) is 9.59 Å². The summed E-state index contributed by atoms with van der Waals surface area (Å²) in [4.78, 5) is 70.6. The predicted octanol–water partition coefficient (Wildman–Crippen LogP) is 8.26. The molecule has 0 spiro atoms. The number of allylic oxidation sites excluding steroid dienone is 1. The number of aromatic amines is 1. The number of likely N-dealkylation sites (tertiary alicyclic amines) is 2. The SMILES string of the molecule is COC(=O)N[C@H](C(=O)N1[C@@H]2C[C@@H]2C[C@H]1C1=NC(Cl)=C(c2ccc3cc(-c4ccc(-c5nc([C@@H]6C[C@H]7C[C@H]7N6C(=O)[C@@H](NC(=O)OC)C6CCOCC6)[nH]c5Cl)cc4)ccc3c2)C1)C1CCOCC1. The first kappa shape index (κ1) is 45.0. The lowest BCUT2D eigenvalue weighted by atomic mass is 9.90. The minimum Gasteiger partial charge on any atom is -0.453 e. The van der Waals surface area contributed by atoms with Crippen LogP contribution in [-0.2, 0) is 28.5 Å². The molecule has 6 heterocycles. The Morgan fingerprint density at radius 2 is 1.18 bits per heavy atom. The van der Waals surface area contributed by atoms with E-state index in [9.17, 15) is 19.2 Å². The number of fused-ring (bicyclic) bond motifs is 3. The van der Waals surface area contributed by atoms with E-state index in [4.69, 9.17) is 52.1 Å². The van der Waals surface area contributed by atoms with Gasteiger partial charge < -0.3 is 44.4 Å². The van der Waals surface area contributed by atoms with Crippen LogP contribution in [0.2, 0.25) is 5.15 Å². The fourth-order valence-electron chi connectivity index (χ4n) is 11.7. The second-order valence-corrected chi connectivity index (χ2v) is 20.2. The number of benzene rings is 3. The second-order valence-electron chi connectivity index (χ2n) is 19.4. The maximum absolute atomic E-state index is 14.4. The minimum atomic E-state index is -0.714. The van der Waals surface area contributed by atoms with Crippen molar-refractivity contribution in [2.75, 3.05) is 40.6 Å². The Bertz CT molecular complexity index is 2710. The van der Waals surface area contributed by atoms with Crippen molar-refractivity contribution >= 4 is 69.3 Å². The van der Waals surface area contributed by atoms with Crippen LogP contribution in [0.1, 0.15) is 75.2 Å². The summed E-state index contributed by atoms with van der Waals surface area (Å²) >= 11 is 13.8. The molecule has 3 N–H and O–H groups in total. The van der Waals surface area contributed by atoms with Crippen molar-refractivity contribution in [3.8, 4) is 22.4 Å². The van der Waals surface area contributed by atoms with Gasteiger partial charge in [-0.2, -0.15) is 0 Å². The molecule has 8 atom stereocenters. The van der Waals surface area contributed by atoms with E-state index in [1.54, 1.807) is 0 Å². The molecule has 68 heavy (non-hydrogen) atoms. The number of imidazole rings is 1. The van der Waals surface area contributed by atoms with Crippen molar-refractivity contribution < 1.29 is 38.1 Å². The zero-order valence-electron chi connectivity index (χ0n) is 38.1. The highest BCUT2D eigenvalue weighted by atomic mass is 35.5. The average molecular weight is 965 g/mol. The van der Waals surface area contributed by atoms with Crippen molar-refractivity contribution in [2.24, 2.45) is 28.7 Å². The van der Waals surface area contributed by atoms with E-state index in [1.165, 1.54) is 14.2 Å². The Hall–Kier alpha value is -5.48. The first-order chi connectivity index (χ1) is 33.1. The summed E-state index contributed by atoms with van der Waals surface area (Å²) in [5, 5.41) is 8.70. The number of halogens is 2. The van der Waals surface area contributed by atoms with E-state index >= 15 is 0 Å². The summed E-state index contributed by atoms with van der Waals surface area (Å²) in [6.07, 6.45) is 5.55. The molecule has 0 unspecified atom stereocenters. The average Bonchev–Trinajstić information content (AvgIpc) is 4.08. The maximum atomic E-state index is 14.4. The highest BCUT2D eigenvalue weighted by Gasteiger charge is 2.58. The number of nitrogens with zero attached hydrogens (tertiary/aromatic N) is 4. The van der Waals surface area contributed by atoms with Crippen LogP contribution in [-0.4, -0.2) is 120 Å². The third-order valence-electron chi connectivity index (χ3n) is 15.5. The number of amides is 4. The number of piperidine rings is 2. The van der Waals surface area contributed by atoms with Gasteiger partial charge >= 0.3 is 12.2 Å². The summed E-state index contributed by atoms with van der Waals surface area (Å²) in [7, 11) is 2.63. The van der Waals surface area contributed by atoms with E-state index in [1.807, 2.05) is 21.9 Å². The maximum Gasteiger partial charge on any atom is 0.407 e.